The van der Waals surface area contributed by atoms with Gasteiger partial charge in [0.2, 0.25) is 0 Å². The Morgan fingerprint density at radius 1 is 1.41 bits per heavy atom. The van der Waals surface area contributed by atoms with Gasteiger partial charge in [-0.2, -0.15) is 0 Å². The van der Waals surface area contributed by atoms with Crippen molar-refractivity contribution in [3.05, 3.63) is 35.6 Å². The molecule has 4 heteroatoms. The van der Waals surface area contributed by atoms with Gasteiger partial charge in [-0.1, -0.05) is 12.1 Å². The van der Waals surface area contributed by atoms with Crippen LogP contribution in [0, 0.1) is 5.82 Å². The Morgan fingerprint density at radius 3 is 2.94 bits per heavy atom. The summed E-state index contributed by atoms with van der Waals surface area (Å²) in [5.41, 5.74) is 0.987. The van der Waals surface area contributed by atoms with Gasteiger partial charge < -0.3 is 15.2 Å². The van der Waals surface area contributed by atoms with Crippen LogP contribution in [-0.4, -0.2) is 37.5 Å². The van der Waals surface area contributed by atoms with E-state index in [1.54, 1.807) is 12.1 Å². The highest BCUT2D eigenvalue weighted by Gasteiger charge is 2.03. The van der Waals surface area contributed by atoms with Gasteiger partial charge in [0.1, 0.15) is 5.82 Å². The third kappa shape index (κ3) is 6.36. The van der Waals surface area contributed by atoms with Crippen LogP contribution in [0.25, 0.3) is 0 Å². The molecule has 0 fully saturated rings. The molecule has 0 aromatic heterocycles. The molecule has 0 spiro atoms. The van der Waals surface area contributed by atoms with E-state index in [0.717, 1.165) is 18.5 Å². The molecule has 1 aromatic rings. The monoisotopic (exact) mass is 241 g/mol. The highest BCUT2D eigenvalue weighted by molar-refractivity contribution is 5.17. The molecule has 0 bridgehead atoms. The van der Waals surface area contributed by atoms with Crippen molar-refractivity contribution in [3.8, 4) is 0 Å². The van der Waals surface area contributed by atoms with Gasteiger partial charge in [-0.3, -0.25) is 0 Å². The minimum Gasteiger partial charge on any atom is -0.394 e. The fourth-order valence-corrected chi connectivity index (χ4v) is 1.63. The first-order chi connectivity index (χ1) is 8.22. The highest BCUT2D eigenvalue weighted by atomic mass is 19.1. The molecule has 17 heavy (non-hydrogen) atoms. The van der Waals surface area contributed by atoms with E-state index in [2.05, 4.69) is 12.2 Å². The Morgan fingerprint density at radius 2 is 2.24 bits per heavy atom. The van der Waals surface area contributed by atoms with E-state index in [4.69, 9.17) is 9.84 Å². The number of halogens is 1. The third-order valence-corrected chi connectivity index (χ3v) is 2.41. The van der Waals surface area contributed by atoms with Crippen LogP contribution in [0.4, 0.5) is 4.39 Å². The summed E-state index contributed by atoms with van der Waals surface area (Å²) in [5.74, 6) is -0.194. The van der Waals surface area contributed by atoms with Crippen LogP contribution in [0.5, 0.6) is 0 Å². The Labute approximate surface area is 102 Å². The lowest BCUT2D eigenvalue weighted by Gasteiger charge is -2.13. The van der Waals surface area contributed by atoms with E-state index in [0.29, 0.717) is 13.2 Å². The second kappa shape index (κ2) is 8.17. The second-order valence-corrected chi connectivity index (χ2v) is 4.03. The van der Waals surface area contributed by atoms with Gasteiger partial charge >= 0.3 is 0 Å². The normalized spacial score (nSPS) is 12.6. The summed E-state index contributed by atoms with van der Waals surface area (Å²) >= 11 is 0. The third-order valence-electron chi connectivity index (χ3n) is 2.41. The van der Waals surface area contributed by atoms with Gasteiger partial charge in [-0.05, 0) is 31.0 Å². The van der Waals surface area contributed by atoms with Crippen LogP contribution >= 0.6 is 0 Å². The van der Waals surface area contributed by atoms with E-state index < -0.39 is 0 Å². The fraction of sp³-hybridized carbons (Fsp3) is 0.538. The van der Waals surface area contributed by atoms with Gasteiger partial charge in [0.05, 0.1) is 19.8 Å². The first-order valence-electron chi connectivity index (χ1n) is 5.89. The zero-order chi connectivity index (χ0) is 12.5. The molecule has 1 unspecified atom stereocenters. The molecule has 0 aliphatic rings. The lowest BCUT2D eigenvalue weighted by atomic mass is 10.1. The van der Waals surface area contributed by atoms with Crippen molar-refractivity contribution in [2.24, 2.45) is 0 Å². The molecule has 0 radical (unpaired) electrons. The smallest absolute Gasteiger partial charge is 0.123 e. The van der Waals surface area contributed by atoms with Crippen molar-refractivity contribution >= 4 is 0 Å². The number of hydrogen-bond acceptors (Lipinski definition) is 3. The van der Waals surface area contributed by atoms with E-state index in [1.165, 1.54) is 6.07 Å². The predicted octanol–water partition coefficient (Wildman–Crippen LogP) is 1.36. The summed E-state index contributed by atoms with van der Waals surface area (Å²) < 4.78 is 18.1. The van der Waals surface area contributed by atoms with Crippen LogP contribution in [0.2, 0.25) is 0 Å². The van der Waals surface area contributed by atoms with Crippen molar-refractivity contribution in [3.63, 3.8) is 0 Å². The Hall–Kier alpha value is -0.970. The van der Waals surface area contributed by atoms with E-state index >= 15 is 0 Å². The average Bonchev–Trinajstić information content (AvgIpc) is 2.29. The molecular weight excluding hydrogens is 221 g/mol. The van der Waals surface area contributed by atoms with Crippen molar-refractivity contribution in [1.29, 1.82) is 0 Å². The Kier molecular flexibility index (Phi) is 6.77. The number of nitrogens with one attached hydrogen (secondary N) is 1. The second-order valence-electron chi connectivity index (χ2n) is 4.03. The maximum atomic E-state index is 12.9. The molecule has 0 saturated carbocycles. The van der Waals surface area contributed by atoms with Crippen molar-refractivity contribution in [2.75, 3.05) is 26.4 Å². The summed E-state index contributed by atoms with van der Waals surface area (Å²) in [7, 11) is 0. The molecule has 0 aliphatic carbocycles. The molecule has 1 aromatic carbocycles. The maximum Gasteiger partial charge on any atom is 0.123 e. The van der Waals surface area contributed by atoms with Crippen LogP contribution in [0.3, 0.4) is 0 Å². The molecule has 0 amide bonds. The standard InChI is InChI=1S/C13H20FNO2/c1-11(15-5-7-17-8-6-16)9-12-3-2-4-13(14)10-12/h2-4,10-11,15-16H,5-9H2,1H3. The van der Waals surface area contributed by atoms with Crippen LogP contribution in [0.15, 0.2) is 24.3 Å². The summed E-state index contributed by atoms with van der Waals surface area (Å²) in [4.78, 5) is 0. The first-order valence-corrected chi connectivity index (χ1v) is 5.89. The van der Waals surface area contributed by atoms with Gasteiger partial charge in [0, 0.05) is 12.6 Å². The number of rotatable bonds is 8. The molecular formula is C13H20FNO2. The molecule has 96 valence electrons. The minimum absolute atomic E-state index is 0.0544. The predicted molar refractivity (Wildman–Crippen MR) is 65.5 cm³/mol. The van der Waals surface area contributed by atoms with Crippen molar-refractivity contribution in [2.45, 2.75) is 19.4 Å². The number of hydrogen-bond donors (Lipinski definition) is 2. The zero-order valence-corrected chi connectivity index (χ0v) is 10.2. The molecule has 0 saturated heterocycles. The van der Waals surface area contributed by atoms with Gasteiger partial charge in [-0.15, -0.1) is 0 Å². The van der Waals surface area contributed by atoms with Gasteiger partial charge in [-0.25, -0.2) is 4.39 Å². The van der Waals surface area contributed by atoms with Gasteiger partial charge in [0.25, 0.3) is 0 Å². The minimum atomic E-state index is -0.194. The van der Waals surface area contributed by atoms with E-state index in [-0.39, 0.29) is 18.5 Å². The highest BCUT2D eigenvalue weighted by Crippen LogP contribution is 2.06. The fourth-order valence-electron chi connectivity index (χ4n) is 1.63. The summed E-state index contributed by atoms with van der Waals surface area (Å²) in [6.45, 7) is 3.79. The van der Waals surface area contributed by atoms with Crippen LogP contribution in [-0.2, 0) is 11.2 Å². The zero-order valence-electron chi connectivity index (χ0n) is 10.2. The topological polar surface area (TPSA) is 41.5 Å². The lowest BCUT2D eigenvalue weighted by Crippen LogP contribution is -2.31. The molecule has 1 atom stereocenters. The summed E-state index contributed by atoms with van der Waals surface area (Å²) in [6, 6.07) is 6.92. The molecule has 0 aliphatic heterocycles. The molecule has 1 rings (SSSR count). The van der Waals surface area contributed by atoms with Crippen molar-refractivity contribution in [1.82, 2.24) is 5.32 Å². The number of ether oxygens (including phenoxy) is 1. The lowest BCUT2D eigenvalue weighted by molar-refractivity contribution is 0.0928. The largest absolute Gasteiger partial charge is 0.394 e. The molecule has 2 N–H and O–H groups in total. The summed E-state index contributed by atoms with van der Waals surface area (Å²) in [6.07, 6.45) is 0.789. The average molecular weight is 241 g/mol. The summed E-state index contributed by atoms with van der Waals surface area (Å²) in [5, 5.41) is 11.8. The van der Waals surface area contributed by atoms with Gasteiger partial charge in [0.15, 0.2) is 0 Å². The SMILES string of the molecule is CC(Cc1cccc(F)c1)NCCOCCO. The quantitative estimate of drug-likeness (QED) is 0.675. The number of aliphatic hydroxyl groups is 1. The Bertz CT molecular complexity index is 320. The van der Waals surface area contributed by atoms with E-state index in [1.807, 2.05) is 6.07 Å². The van der Waals surface area contributed by atoms with E-state index in [9.17, 15) is 4.39 Å². The van der Waals surface area contributed by atoms with Crippen LogP contribution in [0.1, 0.15) is 12.5 Å². The Balaban J connectivity index is 2.18. The maximum absolute atomic E-state index is 12.9. The first kappa shape index (κ1) is 14.1. The molecule has 3 nitrogen and oxygen atoms in total. The molecule has 0 heterocycles. The van der Waals surface area contributed by atoms with Crippen LogP contribution < -0.4 is 5.32 Å². The number of aliphatic hydroxyl groups excluding tert-OH is 1. The number of benzene rings is 1. The van der Waals surface area contributed by atoms with Crippen molar-refractivity contribution < 1.29 is 14.2 Å².